The van der Waals surface area contributed by atoms with Gasteiger partial charge < -0.3 is 10.2 Å². The van der Waals surface area contributed by atoms with Crippen molar-refractivity contribution in [2.45, 2.75) is 63.8 Å². The lowest BCUT2D eigenvalue weighted by Gasteiger charge is -2.27. The Labute approximate surface area is 174 Å². The predicted molar refractivity (Wildman–Crippen MR) is 114 cm³/mol. The van der Waals surface area contributed by atoms with Crippen LogP contribution in [0, 0.1) is 0 Å². The highest BCUT2D eigenvalue weighted by molar-refractivity contribution is 7.15. The van der Waals surface area contributed by atoms with Crippen LogP contribution in [0.4, 0.5) is 15.6 Å². The van der Waals surface area contributed by atoms with Crippen LogP contribution in [-0.2, 0) is 11.3 Å². The average Bonchev–Trinajstić information content (AvgIpc) is 3.22. The van der Waals surface area contributed by atoms with Gasteiger partial charge in [0.1, 0.15) is 5.01 Å². The normalized spacial score (nSPS) is 17.9. The van der Waals surface area contributed by atoms with Crippen LogP contribution in [0.5, 0.6) is 0 Å². The lowest BCUT2D eigenvalue weighted by atomic mass is 9.90. The van der Waals surface area contributed by atoms with Gasteiger partial charge in [-0.3, -0.25) is 10.1 Å². The van der Waals surface area contributed by atoms with Crippen molar-refractivity contribution in [1.82, 2.24) is 15.5 Å². The second-order valence-electron chi connectivity index (χ2n) is 7.76. The summed E-state index contributed by atoms with van der Waals surface area (Å²) in [6, 6.07) is 7.49. The Morgan fingerprint density at radius 3 is 2.83 bits per heavy atom. The molecular formula is C21H27N5O2S. The van der Waals surface area contributed by atoms with Crippen molar-refractivity contribution in [1.29, 1.82) is 0 Å². The monoisotopic (exact) mass is 413 g/mol. The van der Waals surface area contributed by atoms with Gasteiger partial charge in [0.05, 0.1) is 0 Å². The van der Waals surface area contributed by atoms with Gasteiger partial charge in [-0.15, -0.1) is 10.2 Å². The molecule has 1 aliphatic carbocycles. The molecule has 1 aliphatic heterocycles. The minimum Gasteiger partial charge on any atom is -0.334 e. The fourth-order valence-electron chi connectivity index (χ4n) is 4.04. The Hall–Kier alpha value is -2.48. The molecule has 2 aromatic rings. The van der Waals surface area contributed by atoms with Gasteiger partial charge in [-0.05, 0) is 43.4 Å². The van der Waals surface area contributed by atoms with Crippen molar-refractivity contribution in [3.05, 3.63) is 34.8 Å². The Bertz CT molecular complexity index is 862. The lowest BCUT2D eigenvalue weighted by Crippen LogP contribution is -2.35. The number of piperidine rings is 1. The van der Waals surface area contributed by atoms with E-state index in [0.717, 1.165) is 48.5 Å². The van der Waals surface area contributed by atoms with E-state index in [0.29, 0.717) is 24.0 Å². The molecule has 154 valence electrons. The SMILES string of the molecule is O=C(NCc1cccc(N2CCCCC2=O)c1)Nc1nnc(C2CCCCC2)s1. The number of rotatable bonds is 5. The number of hydrogen-bond acceptors (Lipinski definition) is 5. The lowest BCUT2D eigenvalue weighted by molar-refractivity contribution is -0.119. The standard InChI is InChI=1S/C21H27N5O2S/c27-18-11-4-5-12-26(18)17-10-6-7-15(13-17)14-22-20(28)23-21-25-24-19(29-21)16-8-2-1-3-9-16/h6-7,10,13,16H,1-5,8-9,11-12,14H2,(H2,22,23,25,28). The Morgan fingerprint density at radius 1 is 1.14 bits per heavy atom. The third-order valence-corrected chi connectivity index (χ3v) is 6.62. The number of carbonyl (C=O) groups is 2. The van der Waals surface area contributed by atoms with Crippen LogP contribution < -0.4 is 15.5 Å². The summed E-state index contributed by atoms with van der Waals surface area (Å²) in [4.78, 5) is 26.2. The minimum atomic E-state index is -0.296. The molecule has 0 atom stereocenters. The van der Waals surface area contributed by atoms with E-state index in [1.165, 1.54) is 30.6 Å². The quantitative estimate of drug-likeness (QED) is 0.759. The molecule has 1 aromatic heterocycles. The summed E-state index contributed by atoms with van der Waals surface area (Å²) in [5.41, 5.74) is 1.85. The molecule has 2 heterocycles. The number of carbonyl (C=O) groups excluding carboxylic acids is 2. The van der Waals surface area contributed by atoms with Crippen LogP contribution >= 0.6 is 11.3 Å². The number of nitrogens with zero attached hydrogens (tertiary/aromatic N) is 3. The Morgan fingerprint density at radius 2 is 2.00 bits per heavy atom. The number of hydrogen-bond donors (Lipinski definition) is 2. The molecule has 2 N–H and O–H groups in total. The molecule has 1 saturated heterocycles. The molecular weight excluding hydrogens is 386 g/mol. The van der Waals surface area contributed by atoms with Crippen molar-refractivity contribution in [2.75, 3.05) is 16.8 Å². The summed E-state index contributed by atoms with van der Waals surface area (Å²) in [6.45, 7) is 1.15. The molecule has 0 bridgehead atoms. The van der Waals surface area contributed by atoms with Crippen molar-refractivity contribution in [3.63, 3.8) is 0 Å². The number of aromatic nitrogens is 2. The number of amides is 3. The minimum absolute atomic E-state index is 0.171. The number of nitrogens with one attached hydrogen (secondary N) is 2. The van der Waals surface area contributed by atoms with Crippen LogP contribution in [0.1, 0.15) is 67.9 Å². The molecule has 1 aromatic carbocycles. The van der Waals surface area contributed by atoms with Crippen LogP contribution in [0.15, 0.2) is 24.3 Å². The van der Waals surface area contributed by atoms with Gasteiger partial charge >= 0.3 is 6.03 Å². The van der Waals surface area contributed by atoms with E-state index in [1.54, 1.807) is 0 Å². The molecule has 4 rings (SSSR count). The van der Waals surface area contributed by atoms with Gasteiger partial charge in [0, 0.05) is 31.1 Å². The first-order chi connectivity index (χ1) is 14.2. The molecule has 1 saturated carbocycles. The maximum Gasteiger partial charge on any atom is 0.321 e. The van der Waals surface area contributed by atoms with Gasteiger partial charge in [0.15, 0.2) is 0 Å². The van der Waals surface area contributed by atoms with Crippen molar-refractivity contribution < 1.29 is 9.59 Å². The van der Waals surface area contributed by atoms with E-state index in [9.17, 15) is 9.59 Å². The summed E-state index contributed by atoms with van der Waals surface area (Å²) in [6.07, 6.45) is 8.72. The summed E-state index contributed by atoms with van der Waals surface area (Å²) in [5.74, 6) is 0.657. The molecule has 7 nitrogen and oxygen atoms in total. The van der Waals surface area contributed by atoms with E-state index >= 15 is 0 Å². The average molecular weight is 414 g/mol. The summed E-state index contributed by atoms with van der Waals surface area (Å²) in [7, 11) is 0. The highest BCUT2D eigenvalue weighted by atomic mass is 32.1. The molecule has 29 heavy (non-hydrogen) atoms. The third kappa shape index (κ3) is 5.12. The van der Waals surface area contributed by atoms with Crippen LogP contribution in [0.2, 0.25) is 0 Å². The second kappa shape index (κ2) is 9.35. The zero-order valence-electron chi connectivity index (χ0n) is 16.5. The van der Waals surface area contributed by atoms with E-state index in [2.05, 4.69) is 20.8 Å². The number of benzene rings is 1. The van der Waals surface area contributed by atoms with Crippen molar-refractivity contribution in [3.8, 4) is 0 Å². The number of anilines is 2. The highest BCUT2D eigenvalue weighted by Crippen LogP contribution is 2.35. The summed E-state index contributed by atoms with van der Waals surface area (Å²) >= 11 is 1.47. The summed E-state index contributed by atoms with van der Waals surface area (Å²) in [5, 5.41) is 15.6. The van der Waals surface area contributed by atoms with Crippen LogP contribution in [0.3, 0.4) is 0 Å². The largest absolute Gasteiger partial charge is 0.334 e. The van der Waals surface area contributed by atoms with Crippen LogP contribution in [-0.4, -0.2) is 28.7 Å². The molecule has 3 amide bonds. The molecule has 8 heteroatoms. The third-order valence-electron chi connectivity index (χ3n) is 5.61. The molecule has 0 spiro atoms. The van der Waals surface area contributed by atoms with E-state index < -0.39 is 0 Å². The van der Waals surface area contributed by atoms with E-state index in [1.807, 2.05) is 29.2 Å². The van der Waals surface area contributed by atoms with Gasteiger partial charge in [-0.2, -0.15) is 0 Å². The fraction of sp³-hybridized carbons (Fsp3) is 0.524. The first-order valence-corrected chi connectivity index (χ1v) is 11.3. The molecule has 2 aliphatic rings. The van der Waals surface area contributed by atoms with Crippen molar-refractivity contribution >= 4 is 34.1 Å². The maximum absolute atomic E-state index is 12.3. The zero-order valence-corrected chi connectivity index (χ0v) is 17.3. The first kappa shape index (κ1) is 19.8. The topological polar surface area (TPSA) is 87.2 Å². The van der Waals surface area contributed by atoms with Gasteiger partial charge in [0.2, 0.25) is 11.0 Å². The first-order valence-electron chi connectivity index (χ1n) is 10.5. The predicted octanol–water partition coefficient (Wildman–Crippen LogP) is 4.42. The maximum atomic E-state index is 12.3. The van der Waals surface area contributed by atoms with E-state index in [4.69, 9.17) is 0 Å². The van der Waals surface area contributed by atoms with Gasteiger partial charge in [0.25, 0.3) is 0 Å². The molecule has 0 radical (unpaired) electrons. The highest BCUT2D eigenvalue weighted by Gasteiger charge is 2.21. The van der Waals surface area contributed by atoms with Gasteiger partial charge in [-0.1, -0.05) is 42.7 Å². The zero-order chi connectivity index (χ0) is 20.1. The molecule has 2 fully saturated rings. The van der Waals surface area contributed by atoms with Gasteiger partial charge in [-0.25, -0.2) is 4.79 Å². The van der Waals surface area contributed by atoms with E-state index in [-0.39, 0.29) is 11.9 Å². The second-order valence-corrected chi connectivity index (χ2v) is 8.77. The summed E-state index contributed by atoms with van der Waals surface area (Å²) < 4.78 is 0. The fourth-order valence-corrected chi connectivity index (χ4v) is 4.94. The van der Waals surface area contributed by atoms with Crippen LogP contribution in [0.25, 0.3) is 0 Å². The molecule has 0 unspecified atom stereocenters. The smallest absolute Gasteiger partial charge is 0.321 e. The Balaban J connectivity index is 1.30. The number of urea groups is 1. The van der Waals surface area contributed by atoms with Crippen molar-refractivity contribution in [2.24, 2.45) is 0 Å². The Kier molecular flexibility index (Phi) is 6.39.